The number of carbonyl (C=O) groups is 1. The van der Waals surface area contributed by atoms with Gasteiger partial charge in [-0.05, 0) is 35.9 Å². The van der Waals surface area contributed by atoms with Gasteiger partial charge in [0.05, 0.1) is 0 Å². The highest BCUT2D eigenvalue weighted by atomic mass is 32.2. The maximum atomic E-state index is 12.0. The highest BCUT2D eigenvalue weighted by Gasteiger charge is 2.17. The molecule has 0 saturated carbocycles. The van der Waals surface area contributed by atoms with E-state index >= 15 is 0 Å². The van der Waals surface area contributed by atoms with E-state index in [0.717, 1.165) is 17.2 Å². The van der Waals surface area contributed by atoms with Crippen molar-refractivity contribution in [1.82, 2.24) is 10.9 Å². The largest absolute Gasteiger partial charge is 0.331 e. The van der Waals surface area contributed by atoms with E-state index in [1.807, 2.05) is 44.2 Å². The third kappa shape index (κ3) is 6.49. The minimum Gasteiger partial charge on any atom is -0.331 e. The average molecular weight is 330 g/mol. The van der Waals surface area contributed by atoms with E-state index in [4.69, 9.17) is 12.2 Å². The highest BCUT2D eigenvalue weighted by Crippen LogP contribution is 2.22. The number of rotatable bonds is 6. The van der Waals surface area contributed by atoms with Crippen molar-refractivity contribution in [2.75, 3.05) is 16.8 Å². The Bertz CT molecular complexity index is 422. The van der Waals surface area contributed by atoms with Crippen molar-refractivity contribution < 1.29 is 4.79 Å². The quantitative estimate of drug-likeness (QED) is 0.424. The molecule has 0 heterocycles. The van der Waals surface area contributed by atoms with Gasteiger partial charge in [0.2, 0.25) is 0 Å². The normalized spacial score (nSPS) is 10.2. The molecule has 0 aromatic heterocycles. The molecule has 0 saturated heterocycles. The number of benzene rings is 1. The Morgan fingerprint density at radius 1 is 1.15 bits per heavy atom. The van der Waals surface area contributed by atoms with Crippen molar-refractivity contribution >= 4 is 52.4 Å². The van der Waals surface area contributed by atoms with Crippen LogP contribution in [-0.4, -0.2) is 27.1 Å². The average Bonchev–Trinajstić information content (AvgIpc) is 2.45. The third-order valence-corrected chi connectivity index (χ3v) is 4.90. The van der Waals surface area contributed by atoms with E-state index in [2.05, 4.69) is 16.2 Å². The van der Waals surface area contributed by atoms with E-state index in [1.54, 1.807) is 23.5 Å². The van der Waals surface area contributed by atoms with E-state index in [-0.39, 0.29) is 10.5 Å². The number of hydrazine groups is 1. The molecule has 20 heavy (non-hydrogen) atoms. The first kappa shape index (κ1) is 17.1. The molecule has 110 valence electrons. The first-order valence-corrected chi connectivity index (χ1v) is 8.83. The Kier molecular flexibility index (Phi) is 8.48. The predicted molar refractivity (Wildman–Crippen MR) is 94.0 cm³/mol. The summed E-state index contributed by atoms with van der Waals surface area (Å²) in [6, 6.07) is 9.56. The molecule has 1 rings (SSSR count). The van der Waals surface area contributed by atoms with E-state index in [1.165, 1.54) is 0 Å². The molecule has 0 spiro atoms. The fourth-order valence-corrected chi connectivity index (χ4v) is 3.76. The number of anilines is 1. The summed E-state index contributed by atoms with van der Waals surface area (Å²) in [5.74, 6) is 1.73. The van der Waals surface area contributed by atoms with Crippen LogP contribution >= 0.6 is 35.7 Å². The summed E-state index contributed by atoms with van der Waals surface area (Å²) in [6.45, 7) is 4.08. The third-order valence-electron chi connectivity index (χ3n) is 2.18. The summed E-state index contributed by atoms with van der Waals surface area (Å²) in [5, 5.41) is 3.36. The van der Waals surface area contributed by atoms with Gasteiger partial charge in [0.15, 0.2) is 5.11 Å². The second kappa shape index (κ2) is 9.90. The van der Waals surface area contributed by atoms with Crippen LogP contribution in [-0.2, 0) is 4.79 Å². The summed E-state index contributed by atoms with van der Waals surface area (Å²) < 4.78 is -0.114. The number of para-hydroxylation sites is 1. The van der Waals surface area contributed by atoms with Gasteiger partial charge in [-0.2, -0.15) is 0 Å². The van der Waals surface area contributed by atoms with Crippen LogP contribution in [0.2, 0.25) is 0 Å². The van der Waals surface area contributed by atoms with Crippen LogP contribution in [0, 0.1) is 0 Å². The highest BCUT2D eigenvalue weighted by molar-refractivity contribution is 8.18. The number of thioether (sulfide) groups is 2. The maximum Gasteiger partial charge on any atom is 0.261 e. The molecule has 7 heteroatoms. The Morgan fingerprint density at radius 3 is 2.30 bits per heavy atom. The molecule has 1 amide bonds. The van der Waals surface area contributed by atoms with Gasteiger partial charge in [0.1, 0.15) is 4.58 Å². The molecule has 0 aliphatic rings. The Hall–Kier alpha value is -0.920. The molecule has 0 fully saturated rings. The van der Waals surface area contributed by atoms with Crippen LogP contribution in [0.3, 0.4) is 0 Å². The van der Waals surface area contributed by atoms with E-state index in [0.29, 0.717) is 5.11 Å². The predicted octanol–water partition coefficient (Wildman–Crippen LogP) is 2.84. The molecule has 1 aromatic carbocycles. The molecular formula is C13H19N3OS3. The minimum atomic E-state index is -0.114. The lowest BCUT2D eigenvalue weighted by Gasteiger charge is -2.16. The number of amides is 1. The first-order valence-electron chi connectivity index (χ1n) is 6.32. The van der Waals surface area contributed by atoms with Crippen molar-refractivity contribution in [2.45, 2.75) is 18.4 Å². The van der Waals surface area contributed by atoms with Gasteiger partial charge in [-0.3, -0.25) is 15.6 Å². The molecule has 4 nitrogen and oxygen atoms in total. The number of hydrogen-bond acceptors (Lipinski definition) is 4. The summed E-state index contributed by atoms with van der Waals surface area (Å²) in [5.41, 5.74) is 6.24. The number of hydrogen-bond donors (Lipinski definition) is 3. The SMILES string of the molecule is CCSC(SCC)C(=O)NNC(=S)Nc1ccccc1. The molecule has 0 atom stereocenters. The van der Waals surface area contributed by atoms with E-state index < -0.39 is 0 Å². The van der Waals surface area contributed by atoms with Crippen LogP contribution in [0.1, 0.15) is 13.8 Å². The van der Waals surface area contributed by atoms with Gasteiger partial charge in [0, 0.05) is 5.69 Å². The van der Waals surface area contributed by atoms with Crippen LogP contribution in [0.15, 0.2) is 30.3 Å². The topological polar surface area (TPSA) is 53.2 Å². The van der Waals surface area contributed by atoms with Gasteiger partial charge in [-0.15, -0.1) is 23.5 Å². The summed E-state index contributed by atoms with van der Waals surface area (Å²) in [7, 11) is 0. The van der Waals surface area contributed by atoms with Crippen molar-refractivity contribution in [3.8, 4) is 0 Å². The standard InChI is InChI=1S/C13H19N3OS3/c1-3-19-12(20-4-2)11(17)15-16-13(18)14-10-8-6-5-7-9-10/h5-9,12H,3-4H2,1-2H3,(H,15,17)(H2,14,16,18). The molecule has 0 aliphatic carbocycles. The van der Waals surface area contributed by atoms with Crippen molar-refractivity contribution in [3.05, 3.63) is 30.3 Å². The van der Waals surface area contributed by atoms with Gasteiger partial charge in [-0.25, -0.2) is 0 Å². The minimum absolute atomic E-state index is 0.0686. The number of carbonyl (C=O) groups excluding carboxylic acids is 1. The molecule has 3 N–H and O–H groups in total. The van der Waals surface area contributed by atoms with Crippen LogP contribution in [0.25, 0.3) is 0 Å². The van der Waals surface area contributed by atoms with Crippen LogP contribution < -0.4 is 16.2 Å². The zero-order valence-corrected chi connectivity index (χ0v) is 14.0. The van der Waals surface area contributed by atoms with Crippen LogP contribution in [0.5, 0.6) is 0 Å². The fourth-order valence-electron chi connectivity index (χ4n) is 1.36. The molecule has 0 bridgehead atoms. The molecule has 0 radical (unpaired) electrons. The van der Waals surface area contributed by atoms with Gasteiger partial charge >= 0.3 is 0 Å². The van der Waals surface area contributed by atoms with E-state index in [9.17, 15) is 4.79 Å². The Morgan fingerprint density at radius 2 is 1.75 bits per heavy atom. The fraction of sp³-hybridized carbons (Fsp3) is 0.385. The van der Waals surface area contributed by atoms with Crippen molar-refractivity contribution in [3.63, 3.8) is 0 Å². The molecule has 1 aromatic rings. The molecular weight excluding hydrogens is 310 g/mol. The van der Waals surface area contributed by atoms with Gasteiger partial charge in [-0.1, -0.05) is 32.0 Å². The Labute approximate surface area is 133 Å². The maximum absolute atomic E-state index is 12.0. The smallest absolute Gasteiger partial charge is 0.261 e. The molecule has 0 unspecified atom stereocenters. The lowest BCUT2D eigenvalue weighted by Crippen LogP contribution is -2.46. The summed E-state index contributed by atoms with van der Waals surface area (Å²) in [6.07, 6.45) is 0. The van der Waals surface area contributed by atoms with Gasteiger partial charge < -0.3 is 5.32 Å². The zero-order chi connectivity index (χ0) is 14.8. The number of nitrogens with one attached hydrogen (secondary N) is 3. The number of thiocarbonyl (C=S) groups is 1. The Balaban J connectivity index is 2.37. The second-order valence-electron chi connectivity index (χ2n) is 3.68. The first-order chi connectivity index (χ1) is 9.67. The summed E-state index contributed by atoms with van der Waals surface area (Å²) >= 11 is 8.34. The summed E-state index contributed by atoms with van der Waals surface area (Å²) in [4.78, 5) is 12.0. The molecule has 0 aliphatic heterocycles. The van der Waals surface area contributed by atoms with Crippen molar-refractivity contribution in [2.24, 2.45) is 0 Å². The zero-order valence-electron chi connectivity index (χ0n) is 11.5. The lowest BCUT2D eigenvalue weighted by atomic mass is 10.3. The van der Waals surface area contributed by atoms with Crippen molar-refractivity contribution in [1.29, 1.82) is 0 Å². The van der Waals surface area contributed by atoms with Gasteiger partial charge in [0.25, 0.3) is 5.91 Å². The second-order valence-corrected chi connectivity index (χ2v) is 7.15. The lowest BCUT2D eigenvalue weighted by molar-refractivity contribution is -0.119. The van der Waals surface area contributed by atoms with Crippen LogP contribution in [0.4, 0.5) is 5.69 Å². The monoisotopic (exact) mass is 329 g/mol.